The molecule has 6 heteroatoms. The highest BCUT2D eigenvalue weighted by molar-refractivity contribution is 5.95. The summed E-state index contributed by atoms with van der Waals surface area (Å²) >= 11 is 0. The van der Waals surface area contributed by atoms with Crippen LogP contribution in [0.5, 0.6) is 11.5 Å². The predicted molar refractivity (Wildman–Crippen MR) is 62.1 cm³/mol. The Kier molecular flexibility index (Phi) is 2.81. The summed E-state index contributed by atoms with van der Waals surface area (Å²) in [5, 5.41) is 0. The molecule has 0 bridgehead atoms. The van der Waals surface area contributed by atoms with E-state index in [0.29, 0.717) is 30.2 Å². The average Bonchev–Trinajstić information content (AvgIpc) is 3.05. The Morgan fingerprint density at radius 1 is 1.39 bits per heavy atom. The number of carbonyl (C=O) groups excluding carboxylic acids is 1. The molecule has 1 aromatic carbocycles. The van der Waals surface area contributed by atoms with E-state index >= 15 is 0 Å². The zero-order chi connectivity index (χ0) is 12.5. The van der Waals surface area contributed by atoms with Crippen molar-refractivity contribution in [1.82, 2.24) is 4.90 Å². The van der Waals surface area contributed by atoms with Gasteiger partial charge in [-0.15, -0.1) is 0 Å². The number of fused-ring (bicyclic) bond motifs is 1. The summed E-state index contributed by atoms with van der Waals surface area (Å²) in [6, 6.07) is 5.20. The highest BCUT2D eigenvalue weighted by Gasteiger charge is 2.28. The van der Waals surface area contributed by atoms with Crippen LogP contribution in [0, 0.1) is 0 Å². The van der Waals surface area contributed by atoms with Crippen molar-refractivity contribution < 1.29 is 19.1 Å². The van der Waals surface area contributed by atoms with Gasteiger partial charge in [0, 0.05) is 18.7 Å². The normalized spacial score (nSPS) is 21.4. The van der Waals surface area contributed by atoms with E-state index < -0.39 is 0 Å². The summed E-state index contributed by atoms with van der Waals surface area (Å²) in [5.74, 6) is 6.39. The van der Waals surface area contributed by atoms with E-state index in [4.69, 9.17) is 20.2 Å². The van der Waals surface area contributed by atoms with Gasteiger partial charge in [-0.25, -0.2) is 5.90 Å². The maximum atomic E-state index is 12.2. The van der Waals surface area contributed by atoms with Crippen molar-refractivity contribution in [2.24, 2.45) is 5.90 Å². The van der Waals surface area contributed by atoms with Gasteiger partial charge in [0.25, 0.3) is 5.91 Å². The minimum Gasteiger partial charge on any atom is -0.454 e. The SMILES string of the molecule is NOC1CCN(C(=O)c2ccc3c(c2)OCO3)C1. The Hall–Kier alpha value is -1.79. The lowest BCUT2D eigenvalue weighted by atomic mass is 10.2. The molecule has 1 amide bonds. The summed E-state index contributed by atoms with van der Waals surface area (Å²) in [5.41, 5.74) is 0.594. The molecule has 0 spiro atoms. The van der Waals surface area contributed by atoms with Crippen molar-refractivity contribution >= 4 is 5.91 Å². The number of hydrogen-bond acceptors (Lipinski definition) is 5. The van der Waals surface area contributed by atoms with E-state index in [1.165, 1.54) is 0 Å². The van der Waals surface area contributed by atoms with E-state index in [9.17, 15) is 4.79 Å². The van der Waals surface area contributed by atoms with Crippen LogP contribution < -0.4 is 15.4 Å². The van der Waals surface area contributed by atoms with Crippen molar-refractivity contribution in [1.29, 1.82) is 0 Å². The smallest absolute Gasteiger partial charge is 0.254 e. The minimum atomic E-state index is -0.0667. The Morgan fingerprint density at radius 2 is 2.22 bits per heavy atom. The molecule has 0 aliphatic carbocycles. The first-order valence-electron chi connectivity index (χ1n) is 5.82. The fraction of sp³-hybridized carbons (Fsp3) is 0.417. The van der Waals surface area contributed by atoms with Gasteiger partial charge in [0.15, 0.2) is 11.5 Å². The fourth-order valence-corrected chi connectivity index (χ4v) is 2.24. The average molecular weight is 250 g/mol. The predicted octanol–water partition coefficient (Wildman–Crippen LogP) is 0.520. The van der Waals surface area contributed by atoms with Gasteiger partial charge in [0.1, 0.15) is 0 Å². The van der Waals surface area contributed by atoms with Crippen LogP contribution in [-0.2, 0) is 4.84 Å². The first kappa shape index (κ1) is 11.3. The third-order valence-corrected chi connectivity index (χ3v) is 3.24. The van der Waals surface area contributed by atoms with Crippen LogP contribution in [0.25, 0.3) is 0 Å². The van der Waals surface area contributed by atoms with Crippen LogP contribution in [-0.4, -0.2) is 36.8 Å². The zero-order valence-electron chi connectivity index (χ0n) is 9.80. The molecule has 2 N–H and O–H groups in total. The number of ether oxygens (including phenoxy) is 2. The van der Waals surface area contributed by atoms with E-state index in [2.05, 4.69) is 0 Å². The van der Waals surface area contributed by atoms with Gasteiger partial charge in [0.2, 0.25) is 6.79 Å². The minimum absolute atomic E-state index is 0.0344. The molecule has 2 heterocycles. The molecule has 1 fully saturated rings. The maximum Gasteiger partial charge on any atom is 0.254 e. The summed E-state index contributed by atoms with van der Waals surface area (Å²) in [4.78, 5) is 18.7. The van der Waals surface area contributed by atoms with Gasteiger partial charge in [-0.05, 0) is 24.6 Å². The second-order valence-corrected chi connectivity index (χ2v) is 4.37. The van der Waals surface area contributed by atoms with Crippen LogP contribution in [0.1, 0.15) is 16.8 Å². The van der Waals surface area contributed by atoms with Gasteiger partial charge in [-0.3, -0.25) is 9.63 Å². The lowest BCUT2D eigenvalue weighted by molar-refractivity contribution is 0.0537. The van der Waals surface area contributed by atoms with Crippen LogP contribution in [0.15, 0.2) is 18.2 Å². The van der Waals surface area contributed by atoms with Crippen LogP contribution in [0.2, 0.25) is 0 Å². The van der Waals surface area contributed by atoms with E-state index in [-0.39, 0.29) is 18.8 Å². The lowest BCUT2D eigenvalue weighted by Gasteiger charge is -2.16. The number of carbonyl (C=O) groups is 1. The molecule has 18 heavy (non-hydrogen) atoms. The molecule has 1 atom stereocenters. The monoisotopic (exact) mass is 250 g/mol. The third kappa shape index (κ3) is 1.89. The molecule has 1 unspecified atom stereocenters. The van der Waals surface area contributed by atoms with Crippen molar-refractivity contribution in [3.05, 3.63) is 23.8 Å². The van der Waals surface area contributed by atoms with Crippen LogP contribution in [0.3, 0.4) is 0 Å². The highest BCUT2D eigenvalue weighted by Crippen LogP contribution is 2.33. The second kappa shape index (κ2) is 4.47. The standard InChI is InChI=1S/C12H14N2O4/c13-18-9-3-4-14(6-9)12(15)8-1-2-10-11(5-8)17-7-16-10/h1-2,5,9H,3-4,6-7,13H2. The Morgan fingerprint density at radius 3 is 3.00 bits per heavy atom. The maximum absolute atomic E-state index is 12.2. The van der Waals surface area contributed by atoms with Crippen molar-refractivity contribution in [2.75, 3.05) is 19.9 Å². The number of nitrogens with two attached hydrogens (primary N) is 1. The molecule has 96 valence electrons. The molecular formula is C12H14N2O4. The largest absolute Gasteiger partial charge is 0.454 e. The number of rotatable bonds is 2. The molecule has 3 rings (SSSR count). The number of hydrogen-bond donors (Lipinski definition) is 1. The summed E-state index contributed by atoms with van der Waals surface area (Å²) < 4.78 is 10.5. The summed E-state index contributed by atoms with van der Waals surface area (Å²) in [7, 11) is 0. The third-order valence-electron chi connectivity index (χ3n) is 3.24. The molecule has 6 nitrogen and oxygen atoms in total. The van der Waals surface area contributed by atoms with Crippen LogP contribution in [0.4, 0.5) is 0 Å². The highest BCUT2D eigenvalue weighted by atomic mass is 16.7. The molecule has 0 radical (unpaired) electrons. The molecule has 0 aromatic heterocycles. The number of benzene rings is 1. The molecule has 1 saturated heterocycles. The van der Waals surface area contributed by atoms with Gasteiger partial charge in [0.05, 0.1) is 6.10 Å². The second-order valence-electron chi connectivity index (χ2n) is 4.37. The Bertz CT molecular complexity index is 477. The van der Waals surface area contributed by atoms with Gasteiger partial charge >= 0.3 is 0 Å². The topological polar surface area (TPSA) is 74.0 Å². The van der Waals surface area contributed by atoms with Gasteiger partial charge in [-0.2, -0.15) is 0 Å². The number of nitrogens with zero attached hydrogens (tertiary/aromatic N) is 1. The van der Waals surface area contributed by atoms with Crippen molar-refractivity contribution in [2.45, 2.75) is 12.5 Å². The molecular weight excluding hydrogens is 236 g/mol. The lowest BCUT2D eigenvalue weighted by Crippen LogP contribution is -2.30. The quantitative estimate of drug-likeness (QED) is 0.774. The fourth-order valence-electron chi connectivity index (χ4n) is 2.24. The molecule has 0 saturated carbocycles. The van der Waals surface area contributed by atoms with Gasteiger partial charge in [-0.1, -0.05) is 0 Å². The van der Waals surface area contributed by atoms with Gasteiger partial charge < -0.3 is 14.4 Å². The Labute approximate surface area is 104 Å². The summed E-state index contributed by atoms with van der Waals surface area (Å²) in [6.45, 7) is 1.40. The van der Waals surface area contributed by atoms with Crippen molar-refractivity contribution in [3.63, 3.8) is 0 Å². The first-order chi connectivity index (χ1) is 8.78. The van der Waals surface area contributed by atoms with Crippen LogP contribution >= 0.6 is 0 Å². The van der Waals surface area contributed by atoms with E-state index in [1.807, 2.05) is 0 Å². The molecule has 2 aliphatic rings. The Balaban J connectivity index is 1.77. The van der Waals surface area contributed by atoms with Crippen molar-refractivity contribution in [3.8, 4) is 11.5 Å². The number of likely N-dealkylation sites (tertiary alicyclic amines) is 1. The molecule has 1 aromatic rings. The number of amides is 1. The van der Waals surface area contributed by atoms with E-state index in [0.717, 1.165) is 6.42 Å². The summed E-state index contributed by atoms with van der Waals surface area (Å²) in [6.07, 6.45) is 0.704. The van der Waals surface area contributed by atoms with E-state index in [1.54, 1.807) is 23.1 Å². The first-order valence-corrected chi connectivity index (χ1v) is 5.82. The zero-order valence-corrected chi connectivity index (χ0v) is 9.80. The molecule has 2 aliphatic heterocycles.